The van der Waals surface area contributed by atoms with Gasteiger partial charge in [-0.05, 0) is 35.4 Å². The number of pyridine rings is 1. The molecule has 0 spiro atoms. The van der Waals surface area contributed by atoms with Crippen LogP contribution in [-0.2, 0) is 10.2 Å². The fraction of sp³-hybridized carbons (Fsp3) is 0.333. The molecule has 3 aromatic rings. The van der Waals surface area contributed by atoms with Gasteiger partial charge in [-0.2, -0.15) is 4.98 Å². The van der Waals surface area contributed by atoms with Crippen molar-refractivity contribution < 1.29 is 4.79 Å². The van der Waals surface area contributed by atoms with E-state index in [0.29, 0.717) is 18.2 Å². The lowest BCUT2D eigenvalue weighted by Crippen LogP contribution is -2.31. The molecule has 0 amide bonds. The second kappa shape index (κ2) is 6.90. The molecule has 5 rings (SSSR count). The van der Waals surface area contributed by atoms with Crippen molar-refractivity contribution in [1.82, 2.24) is 19.7 Å². The Morgan fingerprint density at radius 2 is 1.90 bits per heavy atom. The number of carbonyl (C=O) groups is 1. The van der Waals surface area contributed by atoms with Crippen LogP contribution in [-0.4, -0.2) is 25.5 Å². The van der Waals surface area contributed by atoms with Crippen LogP contribution in [0.1, 0.15) is 57.2 Å². The molecule has 152 valence electrons. The molecular weight excluding hydrogens is 374 g/mol. The van der Waals surface area contributed by atoms with Gasteiger partial charge in [-0.25, -0.2) is 4.68 Å². The van der Waals surface area contributed by atoms with Crippen LogP contribution in [0.25, 0.3) is 11.4 Å². The standard InChI is InChI=1S/C24H25N5O/c1-24(2,3)17-11-9-15(10-12-17)22-27-23-26-18-7-4-8-19(30)20(18)21(29(23)28-22)16-6-5-13-25-14-16/h5-6,9-14,21H,4,7-8H2,1-3H3,(H,26,27,28). The highest BCUT2D eigenvalue weighted by Crippen LogP contribution is 2.40. The maximum absolute atomic E-state index is 12.9. The molecule has 1 aliphatic heterocycles. The third-order valence-electron chi connectivity index (χ3n) is 5.88. The van der Waals surface area contributed by atoms with Crippen molar-refractivity contribution in [3.05, 3.63) is 71.2 Å². The molecule has 1 aromatic carbocycles. The molecule has 1 unspecified atom stereocenters. The molecule has 30 heavy (non-hydrogen) atoms. The minimum absolute atomic E-state index is 0.0929. The summed E-state index contributed by atoms with van der Waals surface area (Å²) >= 11 is 0. The Hall–Kier alpha value is -3.28. The highest BCUT2D eigenvalue weighted by Gasteiger charge is 2.37. The van der Waals surface area contributed by atoms with E-state index < -0.39 is 0 Å². The number of allylic oxidation sites excluding steroid dienone is 2. The van der Waals surface area contributed by atoms with Gasteiger partial charge < -0.3 is 5.32 Å². The molecule has 0 fully saturated rings. The summed E-state index contributed by atoms with van der Waals surface area (Å²) in [5.41, 5.74) is 5.03. The molecule has 1 atom stereocenters. The summed E-state index contributed by atoms with van der Waals surface area (Å²) in [6.45, 7) is 6.60. The van der Waals surface area contributed by atoms with Crippen LogP contribution in [0.15, 0.2) is 60.1 Å². The third-order valence-corrected chi connectivity index (χ3v) is 5.88. The number of carbonyl (C=O) groups excluding carboxylic acids is 1. The first-order valence-corrected chi connectivity index (χ1v) is 10.4. The second-order valence-electron chi connectivity index (χ2n) is 9.01. The van der Waals surface area contributed by atoms with E-state index in [1.165, 1.54) is 5.56 Å². The zero-order chi connectivity index (χ0) is 20.9. The largest absolute Gasteiger partial charge is 0.328 e. The Labute approximate surface area is 176 Å². The van der Waals surface area contributed by atoms with Crippen molar-refractivity contribution in [2.45, 2.75) is 51.5 Å². The van der Waals surface area contributed by atoms with Gasteiger partial charge in [0.05, 0.1) is 0 Å². The number of rotatable bonds is 2. The van der Waals surface area contributed by atoms with Gasteiger partial charge in [0.25, 0.3) is 0 Å². The quantitative estimate of drug-likeness (QED) is 0.678. The van der Waals surface area contributed by atoms with Crippen LogP contribution in [0.5, 0.6) is 0 Å². The van der Waals surface area contributed by atoms with E-state index in [1.807, 2.05) is 23.0 Å². The number of anilines is 1. The number of ketones is 1. The van der Waals surface area contributed by atoms with Gasteiger partial charge in [-0.3, -0.25) is 9.78 Å². The van der Waals surface area contributed by atoms with E-state index in [0.717, 1.165) is 35.2 Å². The van der Waals surface area contributed by atoms with Crippen LogP contribution in [0.4, 0.5) is 5.95 Å². The number of aromatic nitrogens is 4. The van der Waals surface area contributed by atoms with Crippen molar-refractivity contribution in [2.24, 2.45) is 0 Å². The highest BCUT2D eigenvalue weighted by atomic mass is 16.1. The van der Waals surface area contributed by atoms with Gasteiger partial charge >= 0.3 is 0 Å². The fourth-order valence-corrected chi connectivity index (χ4v) is 4.24. The lowest BCUT2D eigenvalue weighted by Gasteiger charge is -2.31. The van der Waals surface area contributed by atoms with E-state index in [4.69, 9.17) is 10.1 Å². The van der Waals surface area contributed by atoms with E-state index >= 15 is 0 Å². The molecule has 0 saturated carbocycles. The van der Waals surface area contributed by atoms with E-state index in [1.54, 1.807) is 6.20 Å². The van der Waals surface area contributed by atoms with Gasteiger partial charge in [0.15, 0.2) is 11.6 Å². The second-order valence-corrected chi connectivity index (χ2v) is 9.01. The van der Waals surface area contributed by atoms with Crippen molar-refractivity contribution >= 4 is 11.7 Å². The van der Waals surface area contributed by atoms with E-state index in [2.05, 4.69) is 55.3 Å². The first kappa shape index (κ1) is 18.7. The Bertz CT molecular complexity index is 1140. The average Bonchev–Trinajstić information content (AvgIpc) is 3.16. The number of fused-ring (bicyclic) bond motifs is 1. The van der Waals surface area contributed by atoms with Crippen molar-refractivity contribution in [2.75, 3.05) is 5.32 Å². The third kappa shape index (κ3) is 3.12. The van der Waals surface area contributed by atoms with E-state index in [-0.39, 0.29) is 17.2 Å². The Kier molecular flexibility index (Phi) is 4.31. The predicted octanol–water partition coefficient (Wildman–Crippen LogP) is 4.66. The lowest BCUT2D eigenvalue weighted by molar-refractivity contribution is -0.116. The summed E-state index contributed by atoms with van der Waals surface area (Å²) < 4.78 is 1.84. The molecule has 3 heterocycles. The van der Waals surface area contributed by atoms with Crippen LogP contribution in [0, 0.1) is 0 Å². The molecule has 1 aliphatic carbocycles. The molecule has 0 bridgehead atoms. The monoisotopic (exact) mass is 399 g/mol. The normalized spacial score (nSPS) is 18.6. The number of nitrogens with one attached hydrogen (secondary N) is 1. The lowest BCUT2D eigenvalue weighted by atomic mass is 9.86. The molecule has 0 radical (unpaired) electrons. The van der Waals surface area contributed by atoms with Gasteiger partial charge in [-0.15, -0.1) is 5.10 Å². The molecular formula is C24H25N5O. The minimum Gasteiger partial charge on any atom is -0.328 e. The van der Waals surface area contributed by atoms with Crippen LogP contribution in [0.3, 0.4) is 0 Å². The van der Waals surface area contributed by atoms with Gasteiger partial charge in [0, 0.05) is 35.6 Å². The molecule has 2 aromatic heterocycles. The summed E-state index contributed by atoms with van der Waals surface area (Å²) in [4.78, 5) is 21.9. The minimum atomic E-state index is -0.298. The van der Waals surface area contributed by atoms with Gasteiger partial charge in [0.2, 0.25) is 5.95 Å². The molecule has 6 nitrogen and oxygen atoms in total. The molecule has 0 saturated heterocycles. The number of benzene rings is 1. The molecule has 2 aliphatic rings. The van der Waals surface area contributed by atoms with Crippen LogP contribution >= 0.6 is 0 Å². The van der Waals surface area contributed by atoms with Crippen molar-refractivity contribution in [1.29, 1.82) is 0 Å². The Balaban J connectivity index is 1.60. The Morgan fingerprint density at radius 3 is 2.60 bits per heavy atom. The number of Topliss-reactive ketones (excluding diaryl/α,β-unsaturated/α-hetero) is 1. The van der Waals surface area contributed by atoms with Gasteiger partial charge in [0.1, 0.15) is 6.04 Å². The highest BCUT2D eigenvalue weighted by molar-refractivity contribution is 5.99. The molecule has 6 heteroatoms. The number of hydrogen-bond acceptors (Lipinski definition) is 5. The summed E-state index contributed by atoms with van der Waals surface area (Å²) in [5.74, 6) is 1.50. The summed E-state index contributed by atoms with van der Waals surface area (Å²) in [6.07, 6.45) is 5.83. The van der Waals surface area contributed by atoms with Gasteiger partial charge in [-0.1, -0.05) is 51.1 Å². The molecule has 1 N–H and O–H groups in total. The Morgan fingerprint density at radius 1 is 1.10 bits per heavy atom. The maximum Gasteiger partial charge on any atom is 0.226 e. The maximum atomic E-state index is 12.9. The smallest absolute Gasteiger partial charge is 0.226 e. The average molecular weight is 399 g/mol. The fourth-order valence-electron chi connectivity index (χ4n) is 4.24. The SMILES string of the molecule is CC(C)(C)c1ccc(-c2nc3n(n2)C(c2cccnc2)C2=C(CCCC2=O)N3)cc1. The van der Waals surface area contributed by atoms with Crippen LogP contribution in [0.2, 0.25) is 0 Å². The van der Waals surface area contributed by atoms with E-state index in [9.17, 15) is 4.79 Å². The van der Waals surface area contributed by atoms with Crippen molar-refractivity contribution in [3.63, 3.8) is 0 Å². The summed E-state index contributed by atoms with van der Waals surface area (Å²) in [5, 5.41) is 8.21. The number of nitrogens with zero attached hydrogens (tertiary/aromatic N) is 4. The number of hydrogen-bond donors (Lipinski definition) is 1. The predicted molar refractivity (Wildman–Crippen MR) is 116 cm³/mol. The zero-order valence-corrected chi connectivity index (χ0v) is 17.5. The first-order chi connectivity index (χ1) is 14.4. The topological polar surface area (TPSA) is 72.7 Å². The zero-order valence-electron chi connectivity index (χ0n) is 17.5. The van der Waals surface area contributed by atoms with Crippen molar-refractivity contribution in [3.8, 4) is 11.4 Å². The van der Waals surface area contributed by atoms with Crippen LogP contribution < -0.4 is 5.32 Å². The first-order valence-electron chi connectivity index (χ1n) is 10.4. The summed E-state index contributed by atoms with van der Waals surface area (Å²) in [7, 11) is 0. The summed E-state index contributed by atoms with van der Waals surface area (Å²) in [6, 6.07) is 12.0.